The van der Waals surface area contributed by atoms with Gasteiger partial charge in [0.1, 0.15) is 11.6 Å². The largest absolute Gasteiger partial charge is 0.308 e. The molecule has 0 saturated heterocycles. The maximum absolute atomic E-state index is 13.2. The summed E-state index contributed by atoms with van der Waals surface area (Å²) in [6.07, 6.45) is 0. The highest BCUT2D eigenvalue weighted by Gasteiger charge is 2.12. The fraction of sp³-hybridized carbons (Fsp3) is 0.250. The molecule has 0 unspecified atom stereocenters. The Balaban J connectivity index is 2.78. The number of nitrogens with two attached hydrogens (primary N) is 1. The lowest BCUT2D eigenvalue weighted by Crippen LogP contribution is -2.12. The predicted molar refractivity (Wildman–Crippen MR) is 68.6 cm³/mol. The number of rotatable bonds is 2. The molecule has 3 nitrogen and oxygen atoms in total. The lowest BCUT2D eigenvalue weighted by atomic mass is 10.0. The van der Waals surface area contributed by atoms with Crippen LogP contribution in [0.5, 0.6) is 0 Å². The Kier molecular flexibility index (Phi) is 3.17. The number of aromatic nitrogens is 1. The van der Waals surface area contributed by atoms with Crippen LogP contribution in [0.2, 0.25) is 5.02 Å². The number of hydrogen-bond donors (Lipinski definition) is 2. The molecule has 1 aromatic heterocycles. The SMILES string of the molecule is CC(C)c1cc2c(Cl)cc(F)cc2nc1NN. The van der Waals surface area contributed by atoms with Crippen molar-refractivity contribution in [3.05, 3.63) is 34.6 Å². The van der Waals surface area contributed by atoms with Crippen LogP contribution in [0.1, 0.15) is 25.3 Å². The van der Waals surface area contributed by atoms with E-state index in [9.17, 15) is 4.39 Å². The summed E-state index contributed by atoms with van der Waals surface area (Å²) in [5, 5.41) is 1.09. The molecule has 0 bridgehead atoms. The normalized spacial score (nSPS) is 11.2. The quantitative estimate of drug-likeness (QED) is 0.637. The number of hydrazine groups is 1. The van der Waals surface area contributed by atoms with E-state index in [4.69, 9.17) is 17.4 Å². The van der Waals surface area contributed by atoms with Crippen LogP contribution in [0.3, 0.4) is 0 Å². The van der Waals surface area contributed by atoms with Gasteiger partial charge in [-0.3, -0.25) is 0 Å². The summed E-state index contributed by atoms with van der Waals surface area (Å²) in [5.41, 5.74) is 3.98. The van der Waals surface area contributed by atoms with Gasteiger partial charge in [-0.05, 0) is 23.6 Å². The maximum atomic E-state index is 13.2. The molecule has 0 saturated carbocycles. The second-order valence-corrected chi connectivity index (χ2v) is 4.59. The van der Waals surface area contributed by atoms with Crippen molar-refractivity contribution < 1.29 is 4.39 Å². The monoisotopic (exact) mass is 253 g/mol. The van der Waals surface area contributed by atoms with E-state index in [0.717, 1.165) is 10.9 Å². The Morgan fingerprint density at radius 1 is 1.35 bits per heavy atom. The Hall–Kier alpha value is -1.39. The third kappa shape index (κ3) is 2.18. The first-order valence-corrected chi connectivity index (χ1v) is 5.67. The van der Waals surface area contributed by atoms with Gasteiger partial charge in [0, 0.05) is 11.5 Å². The van der Waals surface area contributed by atoms with Crippen molar-refractivity contribution in [2.45, 2.75) is 19.8 Å². The van der Waals surface area contributed by atoms with Crippen LogP contribution in [0.4, 0.5) is 10.2 Å². The molecule has 1 aromatic carbocycles. The summed E-state index contributed by atoms with van der Waals surface area (Å²) in [5.74, 6) is 5.81. The zero-order valence-corrected chi connectivity index (χ0v) is 10.3. The van der Waals surface area contributed by atoms with Crippen molar-refractivity contribution in [3.63, 3.8) is 0 Å². The van der Waals surface area contributed by atoms with E-state index in [-0.39, 0.29) is 5.92 Å². The number of halogens is 2. The number of nitrogen functional groups attached to an aromatic ring is 1. The number of pyridine rings is 1. The molecule has 0 aliphatic rings. The summed E-state index contributed by atoms with van der Waals surface area (Å²) in [6, 6.07) is 4.52. The van der Waals surface area contributed by atoms with Crippen molar-refractivity contribution in [3.8, 4) is 0 Å². The smallest absolute Gasteiger partial charge is 0.144 e. The Labute approximate surface area is 104 Å². The topological polar surface area (TPSA) is 50.9 Å². The molecule has 3 N–H and O–H groups in total. The first-order valence-electron chi connectivity index (χ1n) is 5.29. The van der Waals surface area contributed by atoms with Gasteiger partial charge in [-0.15, -0.1) is 0 Å². The van der Waals surface area contributed by atoms with Gasteiger partial charge >= 0.3 is 0 Å². The molecule has 0 spiro atoms. The van der Waals surface area contributed by atoms with Gasteiger partial charge in [-0.2, -0.15) is 0 Å². The summed E-state index contributed by atoms with van der Waals surface area (Å²) < 4.78 is 13.2. The molecule has 17 heavy (non-hydrogen) atoms. The number of nitrogens with zero attached hydrogens (tertiary/aromatic N) is 1. The highest BCUT2D eigenvalue weighted by atomic mass is 35.5. The summed E-state index contributed by atoms with van der Waals surface area (Å²) in [4.78, 5) is 4.28. The van der Waals surface area contributed by atoms with E-state index in [2.05, 4.69) is 10.4 Å². The number of benzene rings is 1. The van der Waals surface area contributed by atoms with Crippen molar-refractivity contribution in [1.29, 1.82) is 0 Å². The minimum absolute atomic E-state index is 0.249. The van der Waals surface area contributed by atoms with E-state index in [1.54, 1.807) is 0 Å². The first-order chi connectivity index (χ1) is 8.02. The summed E-state index contributed by atoms with van der Waals surface area (Å²) in [7, 11) is 0. The van der Waals surface area contributed by atoms with Gasteiger partial charge in [0.2, 0.25) is 0 Å². The molecule has 5 heteroatoms. The molecule has 90 valence electrons. The third-order valence-corrected chi connectivity index (χ3v) is 2.95. The second kappa shape index (κ2) is 4.47. The van der Waals surface area contributed by atoms with Crippen LogP contribution in [0.15, 0.2) is 18.2 Å². The molecule has 2 aromatic rings. The second-order valence-electron chi connectivity index (χ2n) is 4.18. The van der Waals surface area contributed by atoms with Crippen LogP contribution in [-0.2, 0) is 0 Å². The van der Waals surface area contributed by atoms with E-state index >= 15 is 0 Å². The van der Waals surface area contributed by atoms with Crippen LogP contribution < -0.4 is 11.3 Å². The van der Waals surface area contributed by atoms with Crippen molar-refractivity contribution in [2.75, 3.05) is 5.43 Å². The number of hydrogen-bond acceptors (Lipinski definition) is 3. The zero-order valence-electron chi connectivity index (χ0n) is 9.59. The fourth-order valence-electron chi connectivity index (χ4n) is 1.77. The van der Waals surface area contributed by atoms with Gasteiger partial charge in [0.05, 0.1) is 10.5 Å². The van der Waals surface area contributed by atoms with E-state index in [1.807, 2.05) is 19.9 Å². The Bertz CT molecular complexity index is 569. The van der Waals surface area contributed by atoms with Gasteiger partial charge in [0.25, 0.3) is 0 Å². The molecule has 0 aliphatic heterocycles. The molecule has 0 atom stereocenters. The Morgan fingerprint density at radius 2 is 2.06 bits per heavy atom. The highest BCUT2D eigenvalue weighted by molar-refractivity contribution is 6.35. The molecule has 1 heterocycles. The van der Waals surface area contributed by atoms with Gasteiger partial charge in [0.15, 0.2) is 0 Å². The van der Waals surface area contributed by atoms with E-state index in [0.29, 0.717) is 16.4 Å². The molecule has 0 radical (unpaired) electrons. The molecule has 0 aliphatic carbocycles. The van der Waals surface area contributed by atoms with Gasteiger partial charge in [-0.25, -0.2) is 15.2 Å². The minimum Gasteiger partial charge on any atom is -0.308 e. The highest BCUT2D eigenvalue weighted by Crippen LogP contribution is 2.30. The Morgan fingerprint density at radius 3 is 2.65 bits per heavy atom. The van der Waals surface area contributed by atoms with Crippen molar-refractivity contribution in [2.24, 2.45) is 5.84 Å². The predicted octanol–water partition coefficient (Wildman–Crippen LogP) is 3.44. The first kappa shape index (κ1) is 12.1. The van der Waals surface area contributed by atoms with Gasteiger partial charge in [-0.1, -0.05) is 25.4 Å². The maximum Gasteiger partial charge on any atom is 0.144 e. The average molecular weight is 254 g/mol. The molecular formula is C12H13ClFN3. The fourth-order valence-corrected chi connectivity index (χ4v) is 2.03. The standard InChI is InChI=1S/C12H13ClFN3/c1-6(2)8-5-9-10(13)3-7(14)4-11(9)16-12(8)17-15/h3-6H,15H2,1-2H3,(H,16,17). The summed E-state index contributed by atoms with van der Waals surface area (Å²) >= 11 is 6.00. The summed E-state index contributed by atoms with van der Waals surface area (Å²) in [6.45, 7) is 4.06. The number of nitrogens with one attached hydrogen (secondary N) is 1. The van der Waals surface area contributed by atoms with Crippen LogP contribution >= 0.6 is 11.6 Å². The van der Waals surface area contributed by atoms with Crippen LogP contribution in [-0.4, -0.2) is 4.98 Å². The average Bonchev–Trinajstić information content (AvgIpc) is 2.26. The molecule has 0 amide bonds. The lowest BCUT2D eigenvalue weighted by Gasteiger charge is -2.13. The van der Waals surface area contributed by atoms with E-state index in [1.165, 1.54) is 12.1 Å². The van der Waals surface area contributed by atoms with Crippen LogP contribution in [0.25, 0.3) is 10.9 Å². The molecule has 0 fully saturated rings. The minimum atomic E-state index is -0.407. The van der Waals surface area contributed by atoms with E-state index < -0.39 is 5.82 Å². The number of anilines is 1. The van der Waals surface area contributed by atoms with Crippen molar-refractivity contribution >= 4 is 28.3 Å². The molecule has 2 rings (SSSR count). The molecular weight excluding hydrogens is 241 g/mol. The lowest BCUT2D eigenvalue weighted by molar-refractivity contribution is 0.629. The zero-order chi connectivity index (χ0) is 12.6. The van der Waals surface area contributed by atoms with Gasteiger partial charge < -0.3 is 5.43 Å². The third-order valence-electron chi connectivity index (χ3n) is 2.64. The van der Waals surface area contributed by atoms with Crippen molar-refractivity contribution in [1.82, 2.24) is 4.98 Å². The van der Waals surface area contributed by atoms with Crippen LogP contribution in [0, 0.1) is 5.82 Å². The number of fused-ring (bicyclic) bond motifs is 1.